The zero-order valence-electron chi connectivity index (χ0n) is 11.1. The molecule has 0 saturated carbocycles. The predicted octanol–water partition coefficient (Wildman–Crippen LogP) is 1.82. The van der Waals surface area contributed by atoms with Crippen molar-refractivity contribution in [1.29, 1.82) is 0 Å². The highest BCUT2D eigenvalue weighted by Gasteiger charge is 2.13. The molecule has 0 spiro atoms. The van der Waals surface area contributed by atoms with Gasteiger partial charge >= 0.3 is 0 Å². The largest absolute Gasteiger partial charge is 0.341 e. The van der Waals surface area contributed by atoms with Crippen molar-refractivity contribution >= 4 is 17.7 Å². The average molecular weight is 254 g/mol. The van der Waals surface area contributed by atoms with E-state index in [1.165, 1.54) is 0 Å². The van der Waals surface area contributed by atoms with E-state index in [-0.39, 0.29) is 0 Å². The van der Waals surface area contributed by atoms with Crippen LogP contribution < -0.4 is 10.6 Å². The third-order valence-corrected chi connectivity index (χ3v) is 3.46. The number of nitrogens with zero attached hydrogens (tertiary/aromatic N) is 3. The lowest BCUT2D eigenvalue weighted by Gasteiger charge is -2.25. The summed E-state index contributed by atoms with van der Waals surface area (Å²) in [4.78, 5) is 11.1. The first kappa shape index (κ1) is 14.3. The van der Waals surface area contributed by atoms with Gasteiger partial charge in [0.05, 0.1) is 5.69 Å². The van der Waals surface area contributed by atoms with Crippen molar-refractivity contribution in [3.05, 3.63) is 17.5 Å². The van der Waals surface area contributed by atoms with Gasteiger partial charge in [0.1, 0.15) is 0 Å². The van der Waals surface area contributed by atoms with Gasteiger partial charge in [-0.3, -0.25) is 0 Å². The molecule has 1 rings (SSSR count). The molecule has 17 heavy (non-hydrogen) atoms. The van der Waals surface area contributed by atoms with E-state index in [9.17, 15) is 0 Å². The lowest BCUT2D eigenvalue weighted by molar-refractivity contribution is 0.650. The third-order valence-electron chi connectivity index (χ3n) is 2.82. The van der Waals surface area contributed by atoms with Gasteiger partial charge < -0.3 is 10.6 Å². The van der Waals surface area contributed by atoms with Crippen LogP contribution in [0.5, 0.6) is 0 Å². The minimum atomic E-state index is 0.440. The number of aromatic nitrogens is 2. The number of thioether (sulfide) groups is 1. The summed E-state index contributed by atoms with van der Waals surface area (Å²) in [5.41, 5.74) is 7.50. The maximum absolute atomic E-state index is 5.63. The molecule has 0 aliphatic carbocycles. The average Bonchev–Trinajstić information content (AvgIpc) is 2.34. The molecule has 0 amide bonds. The molecule has 0 bridgehead atoms. The molecule has 0 fully saturated rings. The lowest BCUT2D eigenvalue weighted by atomic mass is 10.2. The van der Waals surface area contributed by atoms with E-state index in [1.807, 2.05) is 31.8 Å². The predicted molar refractivity (Wildman–Crippen MR) is 75.5 cm³/mol. The number of nitrogens with two attached hydrogens (primary N) is 1. The van der Waals surface area contributed by atoms with Gasteiger partial charge in [0.2, 0.25) is 5.95 Å². The Bertz CT molecular complexity index is 356. The molecule has 2 N–H and O–H groups in total. The Morgan fingerprint density at radius 1 is 1.47 bits per heavy atom. The molecular weight excluding hydrogens is 232 g/mol. The Balaban J connectivity index is 2.80. The molecule has 0 radical (unpaired) electrons. The van der Waals surface area contributed by atoms with E-state index in [1.54, 1.807) is 0 Å². The summed E-state index contributed by atoms with van der Waals surface area (Å²) in [5, 5.41) is 0. The normalized spacial score (nSPS) is 12.5. The van der Waals surface area contributed by atoms with E-state index in [4.69, 9.17) is 5.73 Å². The first-order chi connectivity index (χ1) is 8.08. The molecule has 4 nitrogen and oxygen atoms in total. The van der Waals surface area contributed by atoms with E-state index < -0.39 is 0 Å². The van der Waals surface area contributed by atoms with Crippen LogP contribution in [-0.2, 0) is 6.54 Å². The van der Waals surface area contributed by atoms with Gasteiger partial charge in [-0.2, -0.15) is 11.8 Å². The van der Waals surface area contributed by atoms with Crippen molar-refractivity contribution in [2.24, 2.45) is 5.73 Å². The first-order valence-corrected chi connectivity index (χ1v) is 7.24. The van der Waals surface area contributed by atoms with Gasteiger partial charge in [-0.1, -0.05) is 0 Å². The van der Waals surface area contributed by atoms with Crippen molar-refractivity contribution in [2.75, 3.05) is 24.0 Å². The van der Waals surface area contributed by atoms with Crippen molar-refractivity contribution in [1.82, 2.24) is 9.97 Å². The molecule has 1 atom stereocenters. The van der Waals surface area contributed by atoms with Gasteiger partial charge in [-0.05, 0) is 38.3 Å². The lowest BCUT2D eigenvalue weighted by Crippen LogP contribution is -2.31. The zero-order valence-corrected chi connectivity index (χ0v) is 11.9. The van der Waals surface area contributed by atoms with Gasteiger partial charge in [-0.15, -0.1) is 0 Å². The maximum atomic E-state index is 5.63. The van der Waals surface area contributed by atoms with Crippen LogP contribution in [0.1, 0.15) is 24.7 Å². The summed E-state index contributed by atoms with van der Waals surface area (Å²) in [6.07, 6.45) is 3.26. The van der Waals surface area contributed by atoms with Gasteiger partial charge in [-0.25, -0.2) is 9.97 Å². The SMILES string of the molecule is CSCCC(C)N(C)c1nc(C)cc(CN)n1. The minimum absolute atomic E-state index is 0.440. The monoisotopic (exact) mass is 254 g/mol. The molecule has 5 heteroatoms. The number of hydrogen-bond acceptors (Lipinski definition) is 5. The van der Waals surface area contributed by atoms with Crippen LogP contribution >= 0.6 is 11.8 Å². The topological polar surface area (TPSA) is 55.0 Å². The molecule has 1 heterocycles. The number of hydrogen-bond donors (Lipinski definition) is 1. The second-order valence-corrected chi connectivity index (χ2v) is 5.23. The van der Waals surface area contributed by atoms with Crippen LogP contribution in [0.3, 0.4) is 0 Å². The van der Waals surface area contributed by atoms with Gasteiger partial charge in [0.15, 0.2) is 0 Å². The molecule has 1 unspecified atom stereocenters. The minimum Gasteiger partial charge on any atom is -0.341 e. The zero-order chi connectivity index (χ0) is 12.8. The molecule has 0 saturated heterocycles. The maximum Gasteiger partial charge on any atom is 0.225 e. The summed E-state index contributed by atoms with van der Waals surface area (Å²) in [5.74, 6) is 1.93. The molecular formula is C12H22N4S. The van der Waals surface area contributed by atoms with Crippen LogP contribution in [0.2, 0.25) is 0 Å². The molecule has 1 aromatic rings. The van der Waals surface area contributed by atoms with Crippen molar-refractivity contribution in [3.8, 4) is 0 Å². The third kappa shape index (κ3) is 4.16. The first-order valence-electron chi connectivity index (χ1n) is 5.85. The molecule has 0 aliphatic rings. The van der Waals surface area contributed by atoms with Crippen LogP contribution in [0.15, 0.2) is 6.07 Å². The fraction of sp³-hybridized carbons (Fsp3) is 0.667. The van der Waals surface area contributed by atoms with Gasteiger partial charge in [0.25, 0.3) is 0 Å². The highest BCUT2D eigenvalue weighted by Crippen LogP contribution is 2.14. The summed E-state index contributed by atoms with van der Waals surface area (Å²) >= 11 is 1.87. The van der Waals surface area contributed by atoms with Crippen molar-refractivity contribution < 1.29 is 0 Å². The van der Waals surface area contributed by atoms with Crippen molar-refractivity contribution in [3.63, 3.8) is 0 Å². The highest BCUT2D eigenvalue weighted by atomic mass is 32.2. The number of anilines is 1. The molecule has 96 valence electrons. The Morgan fingerprint density at radius 2 is 2.18 bits per heavy atom. The summed E-state index contributed by atoms with van der Waals surface area (Å²) in [6, 6.07) is 2.37. The summed E-state index contributed by atoms with van der Waals surface area (Å²) < 4.78 is 0. The summed E-state index contributed by atoms with van der Waals surface area (Å²) in [6.45, 7) is 4.64. The van der Waals surface area contributed by atoms with E-state index >= 15 is 0 Å². The fourth-order valence-electron chi connectivity index (χ4n) is 1.56. The quantitative estimate of drug-likeness (QED) is 0.839. The Kier molecular flexibility index (Phi) is 5.71. The Morgan fingerprint density at radius 3 is 2.76 bits per heavy atom. The van der Waals surface area contributed by atoms with Gasteiger partial charge in [0, 0.05) is 25.3 Å². The van der Waals surface area contributed by atoms with Crippen LogP contribution in [-0.4, -0.2) is 35.1 Å². The van der Waals surface area contributed by atoms with Crippen molar-refractivity contribution in [2.45, 2.75) is 32.9 Å². The molecule has 1 aromatic heterocycles. The molecule has 0 aliphatic heterocycles. The van der Waals surface area contributed by atoms with E-state index in [0.717, 1.165) is 29.5 Å². The van der Waals surface area contributed by atoms with Crippen LogP contribution in [0, 0.1) is 6.92 Å². The fourth-order valence-corrected chi connectivity index (χ4v) is 2.14. The highest BCUT2D eigenvalue weighted by molar-refractivity contribution is 7.98. The Hall–Kier alpha value is -0.810. The number of aryl methyl sites for hydroxylation is 1. The standard InChI is InChI=1S/C12H22N4S/c1-9-7-11(8-13)15-12(14-9)16(3)10(2)5-6-17-4/h7,10H,5-6,8,13H2,1-4H3. The second kappa shape index (κ2) is 6.81. The smallest absolute Gasteiger partial charge is 0.225 e. The summed E-state index contributed by atoms with van der Waals surface area (Å²) in [7, 11) is 2.04. The molecule has 0 aromatic carbocycles. The van der Waals surface area contributed by atoms with Crippen LogP contribution in [0.25, 0.3) is 0 Å². The second-order valence-electron chi connectivity index (χ2n) is 4.25. The van der Waals surface area contributed by atoms with E-state index in [0.29, 0.717) is 12.6 Å². The van der Waals surface area contributed by atoms with E-state index in [2.05, 4.69) is 28.0 Å². The van der Waals surface area contributed by atoms with Crippen LogP contribution in [0.4, 0.5) is 5.95 Å². The Labute approximate surface area is 108 Å². The number of rotatable bonds is 6.